The molecule has 2 atom stereocenters. The second-order valence-corrected chi connectivity index (χ2v) is 7.74. The van der Waals surface area contributed by atoms with Crippen molar-refractivity contribution in [2.75, 3.05) is 7.05 Å². The first kappa shape index (κ1) is 18.8. The van der Waals surface area contributed by atoms with Crippen LogP contribution in [0.4, 0.5) is 4.79 Å². The van der Waals surface area contributed by atoms with Crippen LogP contribution in [0, 0.1) is 13.8 Å². The van der Waals surface area contributed by atoms with Gasteiger partial charge in [0.2, 0.25) is 5.96 Å². The molecule has 1 aromatic heterocycles. The lowest BCUT2D eigenvalue weighted by Gasteiger charge is -2.36. The molecule has 2 aromatic rings. The first-order valence-electron chi connectivity index (χ1n) is 8.66. The number of aryl methyl sites for hydroxylation is 2. The van der Waals surface area contributed by atoms with Crippen LogP contribution in [0.2, 0.25) is 10.0 Å². The van der Waals surface area contributed by atoms with Gasteiger partial charge in [-0.2, -0.15) is 5.10 Å². The molecule has 0 bridgehead atoms. The third kappa shape index (κ3) is 3.02. The summed E-state index contributed by atoms with van der Waals surface area (Å²) in [6.07, 6.45) is -0.647. The number of imide groups is 1. The fourth-order valence-electron chi connectivity index (χ4n) is 3.52. The fourth-order valence-corrected chi connectivity index (χ4v) is 3.99. The number of amides is 3. The Morgan fingerprint density at radius 3 is 2.57 bits per heavy atom. The number of carbonyl (C=O) groups excluding carboxylic acids is 2. The first-order valence-corrected chi connectivity index (χ1v) is 9.41. The minimum Gasteiger partial charge on any atom is -0.321 e. The van der Waals surface area contributed by atoms with E-state index in [1.54, 1.807) is 23.9 Å². The van der Waals surface area contributed by atoms with Gasteiger partial charge >= 0.3 is 6.03 Å². The van der Waals surface area contributed by atoms with Crippen LogP contribution in [0.25, 0.3) is 0 Å². The van der Waals surface area contributed by atoms with Crippen LogP contribution in [0.5, 0.6) is 0 Å². The minimum atomic E-state index is -0.687. The maximum atomic E-state index is 12.7. The second-order valence-electron chi connectivity index (χ2n) is 6.90. The molecule has 2 aliphatic rings. The van der Waals surface area contributed by atoms with Gasteiger partial charge in [-0.3, -0.25) is 10.1 Å². The Bertz CT molecular complexity index is 1020. The van der Waals surface area contributed by atoms with Crippen molar-refractivity contribution >= 4 is 41.1 Å². The van der Waals surface area contributed by atoms with E-state index < -0.39 is 24.1 Å². The Labute approximate surface area is 171 Å². The summed E-state index contributed by atoms with van der Waals surface area (Å²) < 4.78 is 1.68. The Balaban J connectivity index is 1.80. The van der Waals surface area contributed by atoms with Gasteiger partial charge < -0.3 is 9.80 Å². The Morgan fingerprint density at radius 1 is 1.18 bits per heavy atom. The molecule has 4 rings (SSSR count). The molecule has 1 aromatic carbocycles. The summed E-state index contributed by atoms with van der Waals surface area (Å²) in [5.41, 5.74) is 2.48. The first-order chi connectivity index (χ1) is 13.3. The Kier molecular flexibility index (Phi) is 4.55. The number of hydrogen-bond acceptors (Lipinski definition) is 5. The predicted octanol–water partition coefficient (Wildman–Crippen LogP) is 2.40. The van der Waals surface area contributed by atoms with Gasteiger partial charge in [-0.05, 0) is 37.6 Å². The zero-order valence-electron chi connectivity index (χ0n) is 15.5. The fraction of sp³-hybridized carbons (Fsp3) is 0.333. The summed E-state index contributed by atoms with van der Waals surface area (Å²) in [4.78, 5) is 32.7. The topological polar surface area (TPSA) is 82.8 Å². The highest BCUT2D eigenvalue weighted by molar-refractivity contribution is 6.35. The van der Waals surface area contributed by atoms with Crippen molar-refractivity contribution < 1.29 is 9.59 Å². The molecular formula is C18H18Cl2N6O2. The van der Waals surface area contributed by atoms with Crippen LogP contribution < -0.4 is 5.32 Å². The van der Waals surface area contributed by atoms with Crippen molar-refractivity contribution in [2.24, 2.45) is 4.99 Å². The molecule has 3 amide bonds. The molecule has 8 nitrogen and oxygen atoms in total. The van der Waals surface area contributed by atoms with Crippen LogP contribution >= 0.6 is 23.2 Å². The number of aliphatic imine (C=N–C) groups is 1. The van der Waals surface area contributed by atoms with Gasteiger partial charge in [0.05, 0.1) is 5.69 Å². The number of carbonyl (C=O) groups is 2. The van der Waals surface area contributed by atoms with Crippen molar-refractivity contribution in [3.05, 3.63) is 51.3 Å². The number of aromatic nitrogens is 2. The van der Waals surface area contributed by atoms with E-state index in [1.807, 2.05) is 30.9 Å². The Morgan fingerprint density at radius 2 is 1.93 bits per heavy atom. The van der Waals surface area contributed by atoms with E-state index in [4.69, 9.17) is 23.2 Å². The number of fused-ring (bicyclic) bond motifs is 1. The smallest absolute Gasteiger partial charge is 0.321 e. The SMILES string of the molecule is Cc1cc(C)n(C2=NC3C(C(=O)NC(=O)N3C)N2Cc2ccc(Cl)cc2Cl)n1. The lowest BCUT2D eigenvalue weighted by Crippen LogP contribution is -2.63. The number of nitrogens with one attached hydrogen (secondary N) is 1. The molecule has 28 heavy (non-hydrogen) atoms. The third-order valence-corrected chi connectivity index (χ3v) is 5.48. The van der Waals surface area contributed by atoms with E-state index in [-0.39, 0.29) is 0 Å². The number of halogens is 2. The normalized spacial score (nSPS) is 21.7. The van der Waals surface area contributed by atoms with E-state index in [0.717, 1.165) is 17.0 Å². The van der Waals surface area contributed by atoms with E-state index in [1.165, 1.54) is 4.90 Å². The molecule has 0 aliphatic carbocycles. The molecular weight excluding hydrogens is 403 g/mol. The molecule has 1 saturated heterocycles. The van der Waals surface area contributed by atoms with Crippen molar-refractivity contribution in [1.29, 1.82) is 0 Å². The summed E-state index contributed by atoms with van der Waals surface area (Å²) >= 11 is 12.4. The molecule has 2 aliphatic heterocycles. The molecule has 3 heterocycles. The van der Waals surface area contributed by atoms with Crippen molar-refractivity contribution in [1.82, 2.24) is 24.9 Å². The molecule has 1 fully saturated rings. The van der Waals surface area contributed by atoms with Gasteiger partial charge in [0.1, 0.15) is 0 Å². The average molecular weight is 421 g/mol. The molecule has 2 unspecified atom stereocenters. The second kappa shape index (κ2) is 6.79. The molecule has 1 N–H and O–H groups in total. The van der Waals surface area contributed by atoms with E-state index in [9.17, 15) is 9.59 Å². The lowest BCUT2D eigenvalue weighted by molar-refractivity contribution is -0.127. The van der Waals surface area contributed by atoms with Gasteiger partial charge in [-0.1, -0.05) is 29.3 Å². The lowest BCUT2D eigenvalue weighted by atomic mass is 10.1. The van der Waals surface area contributed by atoms with Crippen LogP contribution in [0.1, 0.15) is 17.0 Å². The summed E-state index contributed by atoms with van der Waals surface area (Å²) in [6, 6.07) is 5.97. The minimum absolute atomic E-state index is 0.309. The number of rotatable bonds is 2. The van der Waals surface area contributed by atoms with Crippen molar-refractivity contribution in [2.45, 2.75) is 32.6 Å². The number of benzene rings is 1. The quantitative estimate of drug-likeness (QED) is 0.808. The predicted molar refractivity (Wildman–Crippen MR) is 105 cm³/mol. The summed E-state index contributed by atoms with van der Waals surface area (Å²) in [5, 5.41) is 7.90. The maximum Gasteiger partial charge on any atom is 0.325 e. The van der Waals surface area contributed by atoms with Crippen LogP contribution in [-0.4, -0.2) is 56.7 Å². The highest BCUT2D eigenvalue weighted by Gasteiger charge is 2.49. The van der Waals surface area contributed by atoms with Crippen LogP contribution in [-0.2, 0) is 11.3 Å². The molecule has 10 heteroatoms. The summed E-state index contributed by atoms with van der Waals surface area (Å²) in [6.45, 7) is 4.10. The zero-order valence-corrected chi connectivity index (χ0v) is 17.0. The third-order valence-electron chi connectivity index (χ3n) is 4.89. The highest BCUT2D eigenvalue weighted by Crippen LogP contribution is 2.29. The number of hydrogen-bond donors (Lipinski definition) is 1. The standard InChI is InChI=1S/C18H18Cl2N6O2/c1-9-6-10(2)26(23-9)17-21-15-14(16(27)22-18(28)24(15)3)25(17)8-11-4-5-12(19)7-13(11)20/h4-7,14-15H,8H2,1-3H3,(H,22,27,28). The number of urea groups is 1. The van der Waals surface area contributed by atoms with Gasteiger partial charge in [0, 0.05) is 29.3 Å². The van der Waals surface area contributed by atoms with Crippen LogP contribution in [0.3, 0.4) is 0 Å². The largest absolute Gasteiger partial charge is 0.325 e. The van der Waals surface area contributed by atoms with Crippen LogP contribution in [0.15, 0.2) is 29.3 Å². The number of nitrogens with zero attached hydrogens (tertiary/aromatic N) is 5. The maximum absolute atomic E-state index is 12.7. The summed E-state index contributed by atoms with van der Waals surface area (Å²) in [7, 11) is 1.61. The average Bonchev–Trinajstić information content (AvgIpc) is 3.15. The molecule has 0 spiro atoms. The van der Waals surface area contributed by atoms with E-state index >= 15 is 0 Å². The number of likely N-dealkylation sites (N-methyl/N-ethyl adjacent to an activating group) is 1. The van der Waals surface area contributed by atoms with Crippen molar-refractivity contribution in [3.63, 3.8) is 0 Å². The molecule has 0 radical (unpaired) electrons. The molecule has 0 saturated carbocycles. The molecule has 146 valence electrons. The monoisotopic (exact) mass is 420 g/mol. The Hall–Kier alpha value is -2.58. The zero-order chi connectivity index (χ0) is 20.2. The van der Waals surface area contributed by atoms with E-state index in [2.05, 4.69) is 15.4 Å². The summed E-state index contributed by atoms with van der Waals surface area (Å²) in [5.74, 6) is 0.0850. The van der Waals surface area contributed by atoms with Crippen molar-refractivity contribution in [3.8, 4) is 0 Å². The van der Waals surface area contributed by atoms with E-state index in [0.29, 0.717) is 22.5 Å². The van der Waals surface area contributed by atoms with Gasteiger partial charge in [-0.15, -0.1) is 0 Å². The highest BCUT2D eigenvalue weighted by atomic mass is 35.5. The van der Waals surface area contributed by atoms with Gasteiger partial charge in [0.25, 0.3) is 5.91 Å². The van der Waals surface area contributed by atoms with Gasteiger partial charge in [0.15, 0.2) is 12.2 Å². The van der Waals surface area contributed by atoms with Gasteiger partial charge in [-0.25, -0.2) is 14.5 Å².